The monoisotopic (exact) mass is 598 g/mol. The highest BCUT2D eigenvalue weighted by Gasteiger charge is 2.31. The van der Waals surface area contributed by atoms with Crippen molar-refractivity contribution in [3.05, 3.63) is 93.5 Å². The topological polar surface area (TPSA) is 113 Å². The Labute approximate surface area is 253 Å². The van der Waals surface area contributed by atoms with Gasteiger partial charge in [0.05, 0.1) is 39.8 Å². The number of hydrogen-bond acceptors (Lipinski definition) is 5. The van der Waals surface area contributed by atoms with Gasteiger partial charge in [0.25, 0.3) is 11.8 Å². The number of benzene rings is 2. The van der Waals surface area contributed by atoms with Gasteiger partial charge in [0.2, 0.25) is 0 Å². The van der Waals surface area contributed by atoms with Gasteiger partial charge >= 0.3 is 6.09 Å². The number of amides is 3. The van der Waals surface area contributed by atoms with E-state index in [2.05, 4.69) is 15.4 Å². The molecule has 3 amide bonds. The number of aromatic nitrogens is 3. The van der Waals surface area contributed by atoms with Gasteiger partial charge in [0.1, 0.15) is 6.61 Å². The van der Waals surface area contributed by atoms with Crippen LogP contribution in [0.15, 0.2) is 54.7 Å². The lowest BCUT2D eigenvalue weighted by molar-refractivity contribution is -0.110. The largest absolute Gasteiger partial charge is 0.445 e. The molecule has 2 aliphatic heterocycles. The van der Waals surface area contributed by atoms with Gasteiger partial charge in [0.15, 0.2) is 0 Å². The molecule has 0 spiro atoms. The number of likely N-dealkylation sites (N-methyl/N-ethyl adjacent to an activating group) is 1. The smallest absolute Gasteiger partial charge is 0.410 e. The summed E-state index contributed by atoms with van der Waals surface area (Å²) in [6.07, 6.45) is 3.02. The Kier molecular flexibility index (Phi) is 7.31. The zero-order valence-corrected chi connectivity index (χ0v) is 25.0. The lowest BCUT2D eigenvalue weighted by Crippen LogP contribution is -2.45. The number of aryl methyl sites for hydroxylation is 2. The third-order valence-corrected chi connectivity index (χ3v) is 8.15. The van der Waals surface area contributed by atoms with Crippen LogP contribution in [0.1, 0.15) is 45.5 Å². The molecule has 2 N–H and O–H groups in total. The highest BCUT2D eigenvalue weighted by atomic mass is 35.5. The van der Waals surface area contributed by atoms with Crippen LogP contribution in [0.25, 0.3) is 22.8 Å². The number of anilines is 1. The molecule has 0 unspecified atom stereocenters. The summed E-state index contributed by atoms with van der Waals surface area (Å²) in [5, 5.41) is 7.92. The number of halogens is 1. The third-order valence-electron chi connectivity index (χ3n) is 7.85. The molecule has 0 aliphatic carbocycles. The molecule has 2 aromatic heterocycles. The number of ether oxygens (including phenoxy) is 1. The summed E-state index contributed by atoms with van der Waals surface area (Å²) in [4.78, 5) is 46.9. The van der Waals surface area contributed by atoms with Gasteiger partial charge in [-0.25, -0.2) is 4.79 Å². The summed E-state index contributed by atoms with van der Waals surface area (Å²) in [5.41, 5.74) is 6.19. The summed E-state index contributed by atoms with van der Waals surface area (Å²) < 4.78 is 7.41. The Balaban J connectivity index is 1.48. The molecule has 220 valence electrons. The van der Waals surface area contributed by atoms with Gasteiger partial charge in [0, 0.05) is 49.7 Å². The normalized spacial score (nSPS) is 17.8. The Morgan fingerprint density at radius 3 is 2.63 bits per heavy atom. The molecule has 11 heteroatoms. The van der Waals surface area contributed by atoms with Crippen molar-refractivity contribution in [1.82, 2.24) is 24.6 Å². The molecule has 0 saturated carbocycles. The van der Waals surface area contributed by atoms with E-state index >= 15 is 0 Å². The van der Waals surface area contributed by atoms with Crippen LogP contribution in [-0.4, -0.2) is 62.1 Å². The minimum atomic E-state index is -0.526. The highest BCUT2D eigenvalue weighted by Crippen LogP contribution is 2.42. The van der Waals surface area contributed by atoms with Crippen molar-refractivity contribution in [2.45, 2.75) is 33.0 Å². The molecule has 2 aromatic carbocycles. The number of H-pyrrole nitrogens is 1. The zero-order valence-electron chi connectivity index (χ0n) is 24.3. The van der Waals surface area contributed by atoms with Crippen LogP contribution in [-0.2, 0) is 29.7 Å². The maximum atomic E-state index is 13.8. The average molecular weight is 599 g/mol. The van der Waals surface area contributed by atoms with E-state index in [-0.39, 0.29) is 37.6 Å². The second kappa shape index (κ2) is 11.1. The second-order valence-corrected chi connectivity index (χ2v) is 11.4. The van der Waals surface area contributed by atoms with Crippen LogP contribution in [0, 0.1) is 6.92 Å². The quantitative estimate of drug-likeness (QED) is 0.317. The van der Waals surface area contributed by atoms with Gasteiger partial charge < -0.3 is 24.8 Å². The van der Waals surface area contributed by atoms with Crippen LogP contribution in [0.4, 0.5) is 10.5 Å². The molecule has 0 saturated heterocycles. The van der Waals surface area contributed by atoms with Gasteiger partial charge in [-0.2, -0.15) is 5.10 Å². The third kappa shape index (κ3) is 5.41. The average Bonchev–Trinajstić information content (AvgIpc) is 3.64. The first-order valence-electron chi connectivity index (χ1n) is 13.9. The first kappa shape index (κ1) is 28.3. The lowest BCUT2D eigenvalue weighted by Gasteiger charge is -2.30. The van der Waals surface area contributed by atoms with E-state index in [9.17, 15) is 14.4 Å². The standard InChI is InChI=1S/C32H31ClN6O4/c1-18-10-24-27(34-18)13-23-22-11-21(12-26(33)29(22)35-30(23)40)25-15-37(3)36-28(25)16-39(14-19(2)38(4)31(24)41)32(42)43-17-20-8-6-5-7-9-20/h5-13,15,19,34H,14,16-17H2,1-4H3,(H,35,40)/b23-13-/t19-/m1/s1. The number of carbonyl (C=O) groups is 3. The van der Waals surface area contributed by atoms with Crippen molar-refractivity contribution >= 4 is 46.8 Å². The highest BCUT2D eigenvalue weighted by molar-refractivity contribution is 6.41. The van der Waals surface area contributed by atoms with Gasteiger partial charge in [-0.3, -0.25) is 14.3 Å². The maximum absolute atomic E-state index is 13.8. The summed E-state index contributed by atoms with van der Waals surface area (Å²) in [7, 11) is 3.51. The van der Waals surface area contributed by atoms with Crippen molar-refractivity contribution in [3.63, 3.8) is 0 Å². The van der Waals surface area contributed by atoms with Crippen molar-refractivity contribution in [2.24, 2.45) is 7.05 Å². The molecule has 10 nitrogen and oxygen atoms in total. The summed E-state index contributed by atoms with van der Waals surface area (Å²) >= 11 is 6.71. The number of nitrogens with zero attached hydrogens (tertiary/aromatic N) is 4. The first-order chi connectivity index (χ1) is 20.6. The summed E-state index contributed by atoms with van der Waals surface area (Å²) in [6, 6.07) is 14.5. The van der Waals surface area contributed by atoms with E-state index in [4.69, 9.17) is 16.3 Å². The molecular weight excluding hydrogens is 568 g/mol. The van der Waals surface area contributed by atoms with Crippen molar-refractivity contribution in [2.75, 3.05) is 18.9 Å². The van der Waals surface area contributed by atoms with Gasteiger partial charge in [-0.15, -0.1) is 0 Å². The molecule has 2 aliphatic rings. The fourth-order valence-corrected chi connectivity index (χ4v) is 5.78. The van der Waals surface area contributed by atoms with E-state index in [1.54, 1.807) is 46.8 Å². The number of nitrogens with one attached hydrogen (secondary N) is 2. The van der Waals surface area contributed by atoms with Crippen LogP contribution in [0.3, 0.4) is 0 Å². The molecule has 0 fully saturated rings. The molecule has 43 heavy (non-hydrogen) atoms. The fraction of sp³-hybridized carbons (Fsp3) is 0.250. The maximum Gasteiger partial charge on any atom is 0.410 e. The number of aromatic amines is 1. The Morgan fingerprint density at radius 2 is 1.86 bits per heavy atom. The van der Waals surface area contributed by atoms with Crippen LogP contribution < -0.4 is 5.32 Å². The predicted octanol–water partition coefficient (Wildman–Crippen LogP) is 5.48. The lowest BCUT2D eigenvalue weighted by atomic mass is 9.98. The first-order valence-corrected chi connectivity index (χ1v) is 14.3. The molecule has 2 bridgehead atoms. The molecular formula is C32H31ClN6O4. The number of rotatable bonds is 2. The summed E-state index contributed by atoms with van der Waals surface area (Å²) in [6.45, 7) is 4.16. The molecule has 6 rings (SSSR count). The molecule has 1 atom stereocenters. The van der Waals surface area contributed by atoms with Gasteiger partial charge in [-0.1, -0.05) is 41.9 Å². The van der Waals surface area contributed by atoms with Crippen molar-refractivity contribution in [1.29, 1.82) is 0 Å². The zero-order chi connectivity index (χ0) is 30.4. The van der Waals surface area contributed by atoms with E-state index in [1.807, 2.05) is 56.4 Å². The summed E-state index contributed by atoms with van der Waals surface area (Å²) in [5.74, 6) is -0.565. The Hall–Kier alpha value is -4.83. The van der Waals surface area contributed by atoms with E-state index in [0.29, 0.717) is 38.8 Å². The SMILES string of the molecule is Cc1cc2c([nH]1)/C=C1\C(=O)Nc3c(Cl)cc(cc31)-c1cn(C)nc1CN(C(=O)OCc1ccccc1)C[C@@H](C)N(C)C2=O. The number of hydrogen-bond donors (Lipinski definition) is 2. The van der Waals surface area contributed by atoms with Crippen molar-refractivity contribution in [3.8, 4) is 11.1 Å². The van der Waals surface area contributed by atoms with E-state index in [1.165, 1.54) is 0 Å². The fourth-order valence-electron chi connectivity index (χ4n) is 5.51. The van der Waals surface area contributed by atoms with Crippen molar-refractivity contribution < 1.29 is 19.1 Å². The Morgan fingerprint density at radius 1 is 1.09 bits per heavy atom. The van der Waals surface area contributed by atoms with E-state index < -0.39 is 6.09 Å². The molecule has 4 heterocycles. The molecule has 0 radical (unpaired) electrons. The van der Waals surface area contributed by atoms with Crippen LogP contribution in [0.5, 0.6) is 0 Å². The van der Waals surface area contributed by atoms with Gasteiger partial charge in [-0.05, 0) is 49.2 Å². The van der Waals surface area contributed by atoms with Crippen LogP contribution >= 0.6 is 11.6 Å². The number of carbonyl (C=O) groups excluding carboxylic acids is 3. The number of fused-ring (bicyclic) bond motifs is 4. The van der Waals surface area contributed by atoms with E-state index in [0.717, 1.165) is 22.4 Å². The predicted molar refractivity (Wildman–Crippen MR) is 164 cm³/mol. The molecule has 4 aromatic rings. The minimum Gasteiger partial charge on any atom is -0.445 e. The second-order valence-electron chi connectivity index (χ2n) is 11.0. The minimum absolute atomic E-state index is 0.107. The van der Waals surface area contributed by atoms with Crippen LogP contribution in [0.2, 0.25) is 5.02 Å². The Bertz CT molecular complexity index is 1790.